The molecule has 8 nitrogen and oxygen atoms in total. The highest BCUT2D eigenvalue weighted by Crippen LogP contribution is 2.38. The summed E-state index contributed by atoms with van der Waals surface area (Å²) in [6.45, 7) is 7.89. The quantitative estimate of drug-likeness (QED) is 0.384. The zero-order valence-electron chi connectivity index (χ0n) is 19.6. The van der Waals surface area contributed by atoms with Gasteiger partial charge in [0.15, 0.2) is 0 Å². The van der Waals surface area contributed by atoms with Crippen LogP contribution in [0.15, 0.2) is 35.4 Å². The number of rotatable bonds is 5. The van der Waals surface area contributed by atoms with E-state index in [1.807, 2.05) is 25.1 Å². The monoisotopic (exact) mass is 500 g/mol. The highest BCUT2D eigenvalue weighted by molar-refractivity contribution is 7.21. The second-order valence-electron chi connectivity index (χ2n) is 8.92. The van der Waals surface area contributed by atoms with Crippen LogP contribution in [0.5, 0.6) is 5.75 Å². The van der Waals surface area contributed by atoms with Gasteiger partial charge in [0.1, 0.15) is 28.5 Å². The Balaban J connectivity index is 1.58. The van der Waals surface area contributed by atoms with Gasteiger partial charge in [-0.05, 0) is 51.5 Å². The molecule has 2 heterocycles. The second-order valence-corrected chi connectivity index (χ2v) is 10.4. The Kier molecular flexibility index (Phi) is 6.51. The predicted molar refractivity (Wildman–Crippen MR) is 135 cm³/mol. The fraction of sp³-hybridized carbons (Fsp3) is 0.333. The maximum atomic E-state index is 12.6. The average Bonchev–Trinajstić information content (AvgIpc) is 3.17. The standard InChI is InChI=1S/C24H25ClN4O4S/c1-13-8-15(19-16(9-13)22(30)29(5)12-27-19)21-28-20-17(25)10-14(11-18(20)34-21)32-7-6-26-23(31)33-24(2,3)4/h8-12H,6-7H2,1-5H3,(H,26,31). The molecule has 4 rings (SSSR count). The normalized spacial score (nSPS) is 11.7. The smallest absolute Gasteiger partial charge is 0.407 e. The first-order chi connectivity index (χ1) is 16.0. The van der Waals surface area contributed by atoms with E-state index in [-0.39, 0.29) is 18.7 Å². The third kappa shape index (κ3) is 5.15. The van der Waals surface area contributed by atoms with Crippen molar-refractivity contribution in [1.29, 1.82) is 0 Å². The first kappa shape index (κ1) is 24.0. The number of aryl methyl sites for hydroxylation is 2. The number of nitrogens with zero attached hydrogens (tertiary/aromatic N) is 3. The van der Waals surface area contributed by atoms with E-state index in [0.717, 1.165) is 20.8 Å². The number of hydrogen-bond donors (Lipinski definition) is 1. The number of carbonyl (C=O) groups is 1. The molecular formula is C24H25ClN4O4S. The first-order valence-electron chi connectivity index (χ1n) is 10.7. The lowest BCUT2D eigenvalue weighted by atomic mass is 10.1. The second kappa shape index (κ2) is 9.23. The van der Waals surface area contributed by atoms with Gasteiger partial charge in [0.2, 0.25) is 0 Å². The number of carbonyl (C=O) groups excluding carboxylic acids is 1. The van der Waals surface area contributed by atoms with Gasteiger partial charge in [-0.25, -0.2) is 14.8 Å². The molecule has 0 unspecified atom stereocenters. The molecule has 0 fully saturated rings. The van der Waals surface area contributed by atoms with E-state index in [4.69, 9.17) is 26.1 Å². The molecule has 34 heavy (non-hydrogen) atoms. The van der Waals surface area contributed by atoms with Crippen molar-refractivity contribution in [3.05, 3.63) is 51.5 Å². The molecule has 2 aromatic heterocycles. The fourth-order valence-corrected chi connectivity index (χ4v) is 4.78. The summed E-state index contributed by atoms with van der Waals surface area (Å²) < 4.78 is 13.3. The fourth-order valence-electron chi connectivity index (χ4n) is 3.43. The van der Waals surface area contributed by atoms with Gasteiger partial charge < -0.3 is 19.4 Å². The Labute approximate surface area is 205 Å². The third-order valence-corrected chi connectivity index (χ3v) is 6.18. The molecule has 4 aromatic rings. The van der Waals surface area contributed by atoms with Gasteiger partial charge >= 0.3 is 6.09 Å². The zero-order chi connectivity index (χ0) is 24.6. The molecule has 1 amide bonds. The van der Waals surface area contributed by atoms with Crippen molar-refractivity contribution in [2.45, 2.75) is 33.3 Å². The van der Waals surface area contributed by atoms with E-state index < -0.39 is 11.7 Å². The summed E-state index contributed by atoms with van der Waals surface area (Å²) in [6.07, 6.45) is 1.02. The minimum Gasteiger partial charge on any atom is -0.492 e. The molecule has 0 aliphatic carbocycles. The summed E-state index contributed by atoms with van der Waals surface area (Å²) in [5, 5.41) is 4.37. The van der Waals surface area contributed by atoms with E-state index in [2.05, 4.69) is 10.3 Å². The van der Waals surface area contributed by atoms with Crippen LogP contribution >= 0.6 is 22.9 Å². The molecule has 2 aromatic carbocycles. The lowest BCUT2D eigenvalue weighted by Crippen LogP contribution is -2.34. The molecule has 0 radical (unpaired) electrons. The lowest BCUT2D eigenvalue weighted by molar-refractivity contribution is 0.0520. The Hall–Kier alpha value is -3.17. The van der Waals surface area contributed by atoms with Crippen molar-refractivity contribution in [3.8, 4) is 16.3 Å². The van der Waals surface area contributed by atoms with Crippen molar-refractivity contribution in [2.75, 3.05) is 13.2 Å². The van der Waals surface area contributed by atoms with Gasteiger partial charge in [0.25, 0.3) is 5.56 Å². The van der Waals surface area contributed by atoms with Gasteiger partial charge in [-0.2, -0.15) is 0 Å². The molecule has 0 atom stereocenters. The van der Waals surface area contributed by atoms with E-state index in [0.29, 0.717) is 27.2 Å². The average molecular weight is 501 g/mol. The van der Waals surface area contributed by atoms with Crippen LogP contribution in [0.25, 0.3) is 31.7 Å². The van der Waals surface area contributed by atoms with E-state index in [1.165, 1.54) is 22.2 Å². The van der Waals surface area contributed by atoms with Crippen LogP contribution in [-0.2, 0) is 11.8 Å². The van der Waals surface area contributed by atoms with Crippen LogP contribution in [0.2, 0.25) is 5.02 Å². The number of fused-ring (bicyclic) bond motifs is 2. The number of benzene rings is 2. The Bertz CT molecular complexity index is 1460. The molecule has 0 aliphatic rings. The molecule has 0 spiro atoms. The van der Waals surface area contributed by atoms with Crippen LogP contribution in [0.1, 0.15) is 26.3 Å². The van der Waals surface area contributed by atoms with E-state index >= 15 is 0 Å². The molecular weight excluding hydrogens is 476 g/mol. The molecule has 1 N–H and O–H groups in total. The van der Waals surface area contributed by atoms with Gasteiger partial charge in [0, 0.05) is 18.7 Å². The van der Waals surface area contributed by atoms with Crippen molar-refractivity contribution < 1.29 is 14.3 Å². The number of nitrogens with one attached hydrogen (secondary N) is 1. The zero-order valence-corrected chi connectivity index (χ0v) is 21.1. The van der Waals surface area contributed by atoms with Crippen LogP contribution < -0.4 is 15.6 Å². The largest absolute Gasteiger partial charge is 0.492 e. The summed E-state index contributed by atoms with van der Waals surface area (Å²) in [5.74, 6) is 0.569. The molecule has 0 aliphatic heterocycles. The van der Waals surface area contributed by atoms with Gasteiger partial charge in [0.05, 0.1) is 33.5 Å². The van der Waals surface area contributed by atoms with Gasteiger partial charge in [-0.15, -0.1) is 11.3 Å². The molecule has 0 bridgehead atoms. The van der Waals surface area contributed by atoms with Crippen LogP contribution in [0, 0.1) is 6.92 Å². The summed E-state index contributed by atoms with van der Waals surface area (Å²) in [7, 11) is 1.68. The Morgan fingerprint density at radius 2 is 1.97 bits per heavy atom. The molecule has 0 saturated heterocycles. The summed E-state index contributed by atoms with van der Waals surface area (Å²) in [5.41, 5.74) is 2.32. The number of halogens is 1. The van der Waals surface area contributed by atoms with Crippen LogP contribution in [0.3, 0.4) is 0 Å². The number of hydrogen-bond acceptors (Lipinski definition) is 7. The summed E-state index contributed by atoms with van der Waals surface area (Å²) >= 11 is 7.95. The number of thiazole rings is 1. The predicted octanol–water partition coefficient (Wildman–Crippen LogP) is 5.08. The van der Waals surface area contributed by atoms with Crippen molar-refractivity contribution in [3.63, 3.8) is 0 Å². The van der Waals surface area contributed by atoms with Gasteiger partial charge in [-0.3, -0.25) is 4.79 Å². The third-order valence-electron chi connectivity index (χ3n) is 4.86. The molecule has 10 heteroatoms. The van der Waals surface area contributed by atoms with Crippen LogP contribution in [-0.4, -0.2) is 39.4 Å². The number of aromatic nitrogens is 3. The summed E-state index contributed by atoms with van der Waals surface area (Å²) in [6, 6.07) is 7.37. The van der Waals surface area contributed by atoms with E-state index in [9.17, 15) is 9.59 Å². The van der Waals surface area contributed by atoms with Crippen molar-refractivity contribution >= 4 is 50.2 Å². The van der Waals surface area contributed by atoms with Crippen molar-refractivity contribution in [1.82, 2.24) is 19.9 Å². The minimum atomic E-state index is -0.557. The van der Waals surface area contributed by atoms with Crippen molar-refractivity contribution in [2.24, 2.45) is 7.05 Å². The highest BCUT2D eigenvalue weighted by Gasteiger charge is 2.17. The number of amides is 1. The molecule has 178 valence electrons. The Morgan fingerprint density at radius 1 is 1.21 bits per heavy atom. The molecule has 0 saturated carbocycles. The number of alkyl carbamates (subject to hydrolysis) is 1. The minimum absolute atomic E-state index is 0.107. The van der Waals surface area contributed by atoms with Crippen LogP contribution in [0.4, 0.5) is 4.79 Å². The number of ether oxygens (including phenoxy) is 2. The summed E-state index contributed by atoms with van der Waals surface area (Å²) in [4.78, 5) is 33.6. The van der Waals surface area contributed by atoms with E-state index in [1.54, 1.807) is 33.9 Å². The maximum absolute atomic E-state index is 12.6. The topological polar surface area (TPSA) is 95.3 Å². The SMILES string of the molecule is Cc1cc(-c2nc3c(Cl)cc(OCCNC(=O)OC(C)(C)C)cc3s2)c2ncn(C)c(=O)c2c1. The highest BCUT2D eigenvalue weighted by atomic mass is 35.5. The van der Waals surface area contributed by atoms with Gasteiger partial charge in [-0.1, -0.05) is 11.6 Å². The Morgan fingerprint density at radius 3 is 2.71 bits per heavy atom. The lowest BCUT2D eigenvalue weighted by Gasteiger charge is -2.19. The first-order valence-corrected chi connectivity index (χ1v) is 11.9. The maximum Gasteiger partial charge on any atom is 0.407 e.